The second kappa shape index (κ2) is 2.32. The maximum atomic E-state index is 4.30. The minimum atomic E-state index is 0.174. The molecule has 4 heteroatoms. The molecule has 3 aliphatic heterocycles. The SMILES string of the molecule is C1=CN2C=NC=CN3C=NC(=C1)C23. The zero-order valence-electron chi connectivity index (χ0n) is 6.91. The predicted molar refractivity (Wildman–Crippen MR) is 50.8 cm³/mol. The van der Waals surface area contributed by atoms with Crippen LogP contribution in [0.1, 0.15) is 0 Å². The first-order chi connectivity index (χ1) is 6.45. The molecule has 1 atom stereocenters. The number of nitrogens with zero attached hydrogens (tertiary/aromatic N) is 4. The van der Waals surface area contributed by atoms with Crippen LogP contribution in [0.2, 0.25) is 0 Å². The summed E-state index contributed by atoms with van der Waals surface area (Å²) >= 11 is 0. The average Bonchev–Trinajstić information content (AvgIpc) is 2.44. The first kappa shape index (κ1) is 6.65. The molecule has 0 saturated carbocycles. The molecule has 0 spiro atoms. The number of hydrogen-bond acceptors (Lipinski definition) is 4. The number of hydrogen-bond donors (Lipinski definition) is 0. The average molecular weight is 172 g/mol. The van der Waals surface area contributed by atoms with Crippen molar-refractivity contribution in [3.8, 4) is 0 Å². The topological polar surface area (TPSA) is 31.2 Å². The van der Waals surface area contributed by atoms with Crippen LogP contribution in [0.5, 0.6) is 0 Å². The molecule has 0 radical (unpaired) electrons. The van der Waals surface area contributed by atoms with Crippen LogP contribution in [0.25, 0.3) is 0 Å². The summed E-state index contributed by atoms with van der Waals surface area (Å²) in [6, 6.07) is 0. The van der Waals surface area contributed by atoms with Crippen molar-refractivity contribution < 1.29 is 0 Å². The first-order valence-electron chi connectivity index (χ1n) is 4.12. The highest BCUT2D eigenvalue weighted by Crippen LogP contribution is 2.25. The van der Waals surface area contributed by atoms with Gasteiger partial charge in [0.25, 0.3) is 0 Å². The zero-order valence-corrected chi connectivity index (χ0v) is 6.91. The fourth-order valence-electron chi connectivity index (χ4n) is 1.63. The lowest BCUT2D eigenvalue weighted by molar-refractivity contribution is 0.319. The molecule has 4 nitrogen and oxygen atoms in total. The third kappa shape index (κ3) is 0.853. The zero-order chi connectivity index (χ0) is 8.67. The van der Waals surface area contributed by atoms with Gasteiger partial charge in [-0.05, 0) is 12.2 Å². The van der Waals surface area contributed by atoms with Crippen molar-refractivity contribution in [2.45, 2.75) is 6.17 Å². The highest BCUT2D eigenvalue weighted by molar-refractivity contribution is 5.69. The molecule has 0 aliphatic carbocycles. The van der Waals surface area contributed by atoms with Gasteiger partial charge in [-0.2, -0.15) is 0 Å². The monoisotopic (exact) mass is 172 g/mol. The van der Waals surface area contributed by atoms with E-state index in [9.17, 15) is 0 Å². The quantitative estimate of drug-likeness (QED) is 0.543. The molecule has 13 heavy (non-hydrogen) atoms. The molecule has 3 heterocycles. The minimum Gasteiger partial charge on any atom is -0.312 e. The maximum absolute atomic E-state index is 4.30. The van der Waals surface area contributed by atoms with Gasteiger partial charge in [0.05, 0.1) is 18.4 Å². The van der Waals surface area contributed by atoms with Crippen molar-refractivity contribution in [2.75, 3.05) is 0 Å². The van der Waals surface area contributed by atoms with Crippen LogP contribution >= 0.6 is 0 Å². The number of aliphatic imine (C=N–C) groups is 2. The molecular weight excluding hydrogens is 164 g/mol. The molecular formula is C9H8N4. The molecule has 3 aliphatic rings. The Morgan fingerprint density at radius 1 is 1.15 bits per heavy atom. The molecule has 0 fully saturated rings. The van der Waals surface area contributed by atoms with Crippen LogP contribution in [-0.4, -0.2) is 28.6 Å². The molecule has 64 valence electrons. The third-order valence-corrected chi connectivity index (χ3v) is 2.22. The smallest absolute Gasteiger partial charge is 0.154 e. The molecule has 0 N–H and O–H groups in total. The lowest BCUT2D eigenvalue weighted by atomic mass is 10.2. The van der Waals surface area contributed by atoms with E-state index in [1.54, 1.807) is 12.5 Å². The van der Waals surface area contributed by atoms with Gasteiger partial charge in [0, 0.05) is 18.6 Å². The lowest BCUT2D eigenvalue weighted by Gasteiger charge is -2.29. The van der Waals surface area contributed by atoms with Crippen LogP contribution in [0.15, 0.2) is 46.4 Å². The van der Waals surface area contributed by atoms with Gasteiger partial charge in [0.1, 0.15) is 0 Å². The van der Waals surface area contributed by atoms with Gasteiger partial charge in [0.15, 0.2) is 6.17 Å². The molecule has 3 rings (SSSR count). The Morgan fingerprint density at radius 2 is 2.08 bits per heavy atom. The van der Waals surface area contributed by atoms with E-state index in [2.05, 4.69) is 9.98 Å². The van der Waals surface area contributed by atoms with Crippen molar-refractivity contribution in [1.82, 2.24) is 9.80 Å². The highest BCUT2D eigenvalue weighted by atomic mass is 15.4. The van der Waals surface area contributed by atoms with Gasteiger partial charge in [-0.15, -0.1) is 0 Å². The molecule has 0 amide bonds. The Morgan fingerprint density at radius 3 is 3.08 bits per heavy atom. The summed E-state index contributed by atoms with van der Waals surface area (Å²) in [5.41, 5.74) is 1.06. The number of allylic oxidation sites excluding steroid dienone is 2. The van der Waals surface area contributed by atoms with E-state index in [0.29, 0.717) is 0 Å². The summed E-state index contributed by atoms with van der Waals surface area (Å²) in [5, 5.41) is 0. The Hall–Kier alpha value is -1.84. The van der Waals surface area contributed by atoms with Gasteiger partial charge in [0.2, 0.25) is 0 Å². The van der Waals surface area contributed by atoms with E-state index < -0.39 is 0 Å². The van der Waals surface area contributed by atoms with Gasteiger partial charge >= 0.3 is 0 Å². The van der Waals surface area contributed by atoms with E-state index in [-0.39, 0.29) is 6.17 Å². The summed E-state index contributed by atoms with van der Waals surface area (Å²) in [6.07, 6.45) is 13.5. The van der Waals surface area contributed by atoms with E-state index >= 15 is 0 Å². The Balaban J connectivity index is 2.11. The van der Waals surface area contributed by atoms with Gasteiger partial charge in [-0.3, -0.25) is 0 Å². The fourth-order valence-corrected chi connectivity index (χ4v) is 1.63. The Kier molecular flexibility index (Phi) is 1.19. The standard InChI is InChI=1S/C9H8N4/c1-2-8-9-12(4-1)6-10-3-5-13(9)7-11-8/h1-7,9H. The molecule has 1 unspecified atom stereocenters. The van der Waals surface area contributed by atoms with E-state index in [4.69, 9.17) is 0 Å². The summed E-state index contributed by atoms with van der Waals surface area (Å²) in [7, 11) is 0. The third-order valence-electron chi connectivity index (χ3n) is 2.22. The summed E-state index contributed by atoms with van der Waals surface area (Å²) in [5.74, 6) is 0. The van der Waals surface area contributed by atoms with Crippen molar-refractivity contribution in [2.24, 2.45) is 9.98 Å². The maximum Gasteiger partial charge on any atom is 0.154 e. The summed E-state index contributed by atoms with van der Waals surface area (Å²) < 4.78 is 0. The number of rotatable bonds is 0. The van der Waals surface area contributed by atoms with E-state index in [1.807, 2.05) is 40.7 Å². The second-order valence-corrected chi connectivity index (χ2v) is 3.01. The van der Waals surface area contributed by atoms with Crippen LogP contribution in [-0.2, 0) is 0 Å². The molecule has 0 saturated heterocycles. The van der Waals surface area contributed by atoms with Crippen molar-refractivity contribution in [3.05, 3.63) is 36.4 Å². The Labute approximate surface area is 75.9 Å². The largest absolute Gasteiger partial charge is 0.312 e. The van der Waals surface area contributed by atoms with E-state index in [0.717, 1.165) is 5.70 Å². The van der Waals surface area contributed by atoms with Gasteiger partial charge in [-0.1, -0.05) is 0 Å². The normalized spacial score (nSPS) is 27.7. The predicted octanol–water partition coefficient (Wildman–Crippen LogP) is 0.883. The van der Waals surface area contributed by atoms with E-state index in [1.165, 1.54) is 0 Å². The lowest BCUT2D eigenvalue weighted by Crippen LogP contribution is -2.40. The van der Waals surface area contributed by atoms with Crippen LogP contribution in [0, 0.1) is 0 Å². The molecule has 0 bridgehead atoms. The van der Waals surface area contributed by atoms with Crippen LogP contribution < -0.4 is 0 Å². The van der Waals surface area contributed by atoms with Gasteiger partial charge < -0.3 is 9.80 Å². The highest BCUT2D eigenvalue weighted by Gasteiger charge is 2.29. The van der Waals surface area contributed by atoms with Crippen LogP contribution in [0.3, 0.4) is 0 Å². The van der Waals surface area contributed by atoms with Crippen molar-refractivity contribution in [3.63, 3.8) is 0 Å². The minimum absolute atomic E-state index is 0.174. The fraction of sp³-hybridized carbons (Fsp3) is 0.111. The van der Waals surface area contributed by atoms with Crippen molar-refractivity contribution >= 4 is 12.7 Å². The summed E-state index contributed by atoms with van der Waals surface area (Å²) in [6.45, 7) is 0. The second-order valence-electron chi connectivity index (χ2n) is 3.01. The first-order valence-corrected chi connectivity index (χ1v) is 4.12. The molecule has 0 aromatic carbocycles. The van der Waals surface area contributed by atoms with Gasteiger partial charge in [-0.25, -0.2) is 9.98 Å². The molecule has 0 aromatic rings. The van der Waals surface area contributed by atoms with Crippen LogP contribution in [0.4, 0.5) is 0 Å². The Bertz CT molecular complexity index is 375. The molecule has 0 aromatic heterocycles. The van der Waals surface area contributed by atoms with Crippen molar-refractivity contribution in [1.29, 1.82) is 0 Å². The summed E-state index contributed by atoms with van der Waals surface area (Å²) in [4.78, 5) is 12.5.